The second kappa shape index (κ2) is 7.52. The summed E-state index contributed by atoms with van der Waals surface area (Å²) in [6, 6.07) is 14.4. The number of hydrogen-bond donors (Lipinski definition) is 4. The summed E-state index contributed by atoms with van der Waals surface area (Å²) in [5, 5.41) is 2.72. The highest BCUT2D eigenvalue weighted by molar-refractivity contribution is 6.15. The number of H-pyrrole nitrogens is 4. The Morgan fingerprint density at radius 2 is 1.28 bits per heavy atom. The third kappa shape index (κ3) is 4.18. The maximum atomic E-state index is 12.7. The Morgan fingerprint density at radius 1 is 0.719 bits per heavy atom. The molecule has 0 radical (unpaired) electrons. The third-order valence-corrected chi connectivity index (χ3v) is 4.92. The summed E-state index contributed by atoms with van der Waals surface area (Å²) in [4.78, 5) is 25.4. The van der Waals surface area contributed by atoms with Crippen molar-refractivity contribution in [1.82, 2.24) is 19.9 Å². The molecule has 6 nitrogen and oxygen atoms in total. The fourth-order valence-corrected chi connectivity index (χ4v) is 3.57. The normalized spacial score (nSPS) is 13.2. The van der Waals surface area contributed by atoms with E-state index in [9.17, 15) is 18.0 Å². The molecular weight excluding hydrogens is 421 g/mol. The molecule has 8 bridgehead atoms. The lowest BCUT2D eigenvalue weighted by atomic mass is 10.2. The van der Waals surface area contributed by atoms with Crippen molar-refractivity contribution in [2.24, 2.45) is 0 Å². The summed E-state index contributed by atoms with van der Waals surface area (Å²) in [5.41, 5.74) is 2.70. The van der Waals surface area contributed by atoms with Crippen LogP contribution >= 0.6 is 0 Å². The maximum Gasteiger partial charge on any atom is 0.422 e. The van der Waals surface area contributed by atoms with Gasteiger partial charge in [0.05, 0.1) is 11.0 Å². The highest BCUT2D eigenvalue weighted by Crippen LogP contribution is 2.18. The zero-order valence-corrected chi connectivity index (χ0v) is 16.5. The molecule has 0 saturated carbocycles. The number of fused-ring (bicyclic) bond motifs is 8. The van der Waals surface area contributed by atoms with E-state index in [1.807, 2.05) is 42.5 Å². The zero-order valence-electron chi connectivity index (χ0n) is 16.5. The van der Waals surface area contributed by atoms with Gasteiger partial charge in [-0.25, -0.2) is 4.79 Å². The summed E-state index contributed by atoms with van der Waals surface area (Å²) in [5.74, 6) is -1.08. The summed E-state index contributed by atoms with van der Waals surface area (Å²) in [7, 11) is 0. The molecule has 4 N–H and O–H groups in total. The van der Waals surface area contributed by atoms with Crippen LogP contribution in [0.2, 0.25) is 0 Å². The van der Waals surface area contributed by atoms with Gasteiger partial charge in [0.1, 0.15) is 5.57 Å². The Labute approximate surface area is 178 Å². The molecule has 5 heterocycles. The molecule has 0 aromatic carbocycles. The average Bonchev–Trinajstić information content (AvgIpc) is 3.51. The Bertz CT molecular complexity index is 1550. The lowest BCUT2D eigenvalue weighted by Crippen LogP contribution is -2.25. The Morgan fingerprint density at radius 3 is 1.94 bits per heavy atom. The summed E-state index contributed by atoms with van der Waals surface area (Å²) < 4.78 is 42.4. The molecule has 32 heavy (non-hydrogen) atoms. The van der Waals surface area contributed by atoms with E-state index in [1.54, 1.807) is 24.3 Å². The first-order valence-corrected chi connectivity index (χ1v) is 9.74. The van der Waals surface area contributed by atoms with Crippen LogP contribution in [0.3, 0.4) is 0 Å². The van der Waals surface area contributed by atoms with Crippen molar-refractivity contribution >= 4 is 29.8 Å². The van der Waals surface area contributed by atoms with E-state index in [4.69, 9.17) is 0 Å². The monoisotopic (exact) mass is 438 g/mol. The molecule has 0 atom stereocenters. The highest BCUT2D eigenvalue weighted by Gasteiger charge is 2.31. The number of carbonyl (C=O) groups excluding carboxylic acids is 1. The van der Waals surface area contributed by atoms with Gasteiger partial charge >= 0.3 is 12.1 Å². The van der Waals surface area contributed by atoms with Crippen LogP contribution in [0, 0.1) is 0 Å². The van der Waals surface area contributed by atoms with E-state index in [2.05, 4.69) is 24.7 Å². The molecule has 162 valence electrons. The van der Waals surface area contributed by atoms with Crippen LogP contribution in [-0.2, 0) is 9.53 Å². The quantitative estimate of drug-likeness (QED) is 0.353. The molecule has 1 aliphatic rings. The van der Waals surface area contributed by atoms with Crippen LogP contribution in [0.5, 0.6) is 0 Å². The van der Waals surface area contributed by atoms with Gasteiger partial charge < -0.3 is 24.7 Å². The molecule has 4 aromatic heterocycles. The van der Waals surface area contributed by atoms with Crippen molar-refractivity contribution in [2.75, 3.05) is 6.61 Å². The molecule has 0 fully saturated rings. The average molecular weight is 438 g/mol. The lowest BCUT2D eigenvalue weighted by Gasteiger charge is -2.09. The largest absolute Gasteiger partial charge is 0.452 e. The van der Waals surface area contributed by atoms with Gasteiger partial charge in [0.25, 0.3) is 0 Å². The number of alkyl halides is 3. The van der Waals surface area contributed by atoms with Gasteiger partial charge in [-0.2, -0.15) is 13.2 Å². The summed E-state index contributed by atoms with van der Waals surface area (Å²) in [6.45, 7) is -1.66. The first kappa shape index (κ1) is 19.8. The molecule has 4 aromatic rings. The van der Waals surface area contributed by atoms with E-state index in [-0.39, 0.29) is 5.57 Å². The Kier molecular flexibility index (Phi) is 4.66. The molecule has 0 saturated heterocycles. The predicted molar refractivity (Wildman–Crippen MR) is 112 cm³/mol. The van der Waals surface area contributed by atoms with Gasteiger partial charge in [0.15, 0.2) is 6.61 Å². The number of hydrogen-bond acceptors (Lipinski definition) is 2. The number of rotatable bonds is 2. The number of esters is 1. The van der Waals surface area contributed by atoms with Gasteiger partial charge in [-0.05, 0) is 66.8 Å². The first-order chi connectivity index (χ1) is 15.3. The molecule has 0 amide bonds. The van der Waals surface area contributed by atoms with Crippen LogP contribution in [0.1, 0.15) is 22.8 Å². The maximum absolute atomic E-state index is 12.7. The van der Waals surface area contributed by atoms with Crippen molar-refractivity contribution in [3.05, 3.63) is 92.7 Å². The summed E-state index contributed by atoms with van der Waals surface area (Å²) in [6.07, 6.45) is 1.02. The van der Waals surface area contributed by atoms with Gasteiger partial charge in [-0.3, -0.25) is 0 Å². The number of ether oxygens (including phenoxy) is 1. The fourth-order valence-electron chi connectivity index (χ4n) is 3.57. The molecular formula is C23H17F3N4O2. The standard InChI is InChI=1S/C23H17F3N4O2/c24-23(25,26)12-32-22(31)21-19-7-5-17(29-19)10-15-3-1-13(27-15)9-14-2-4-16(28-14)11-18-6-8-20(21)30-18/h1-11,27-30H,12H2. The minimum absolute atomic E-state index is 0.0201. The molecule has 9 heteroatoms. The number of halogens is 3. The molecule has 0 spiro atoms. The van der Waals surface area contributed by atoms with E-state index >= 15 is 0 Å². The fraction of sp³-hybridized carbons (Fsp3) is 0.0870. The van der Waals surface area contributed by atoms with Gasteiger partial charge in [-0.1, -0.05) is 0 Å². The zero-order chi connectivity index (χ0) is 22.3. The van der Waals surface area contributed by atoms with Crippen LogP contribution in [0.15, 0.2) is 48.5 Å². The van der Waals surface area contributed by atoms with Crippen LogP contribution in [-0.4, -0.2) is 38.7 Å². The van der Waals surface area contributed by atoms with E-state index < -0.39 is 18.8 Å². The van der Waals surface area contributed by atoms with Crippen LogP contribution in [0.25, 0.3) is 23.8 Å². The number of aromatic nitrogens is 4. The Hall–Kier alpha value is -4.14. The second-order valence-electron chi connectivity index (χ2n) is 7.39. The van der Waals surface area contributed by atoms with Crippen LogP contribution < -0.4 is 21.4 Å². The number of nitrogens with one attached hydrogen (secondary N) is 4. The van der Waals surface area contributed by atoms with Crippen molar-refractivity contribution in [3.63, 3.8) is 0 Å². The topological polar surface area (TPSA) is 89.5 Å². The van der Waals surface area contributed by atoms with Crippen molar-refractivity contribution in [1.29, 1.82) is 0 Å². The molecule has 0 unspecified atom stereocenters. The highest BCUT2D eigenvalue weighted by atomic mass is 19.4. The van der Waals surface area contributed by atoms with Gasteiger partial charge in [-0.15, -0.1) is 0 Å². The van der Waals surface area contributed by atoms with Crippen molar-refractivity contribution < 1.29 is 22.7 Å². The second-order valence-corrected chi connectivity index (χ2v) is 7.39. The minimum Gasteiger partial charge on any atom is -0.452 e. The molecule has 5 rings (SSSR count). The smallest absolute Gasteiger partial charge is 0.422 e. The summed E-state index contributed by atoms with van der Waals surface area (Å²) >= 11 is 0. The minimum atomic E-state index is -4.62. The van der Waals surface area contributed by atoms with E-state index in [0.29, 0.717) is 22.1 Å². The first-order valence-electron chi connectivity index (χ1n) is 9.74. The lowest BCUT2D eigenvalue weighted by molar-refractivity contribution is -0.182. The van der Waals surface area contributed by atoms with Crippen molar-refractivity contribution in [3.8, 4) is 0 Å². The molecule has 1 aliphatic heterocycles. The van der Waals surface area contributed by atoms with E-state index in [1.165, 1.54) is 0 Å². The van der Waals surface area contributed by atoms with E-state index in [0.717, 1.165) is 22.1 Å². The van der Waals surface area contributed by atoms with Crippen molar-refractivity contribution in [2.45, 2.75) is 6.18 Å². The molecule has 0 aliphatic carbocycles. The van der Waals surface area contributed by atoms with Crippen LogP contribution in [0.4, 0.5) is 13.2 Å². The third-order valence-electron chi connectivity index (χ3n) is 4.92. The number of carbonyl (C=O) groups is 1. The van der Waals surface area contributed by atoms with Gasteiger partial charge in [0, 0.05) is 33.1 Å². The van der Waals surface area contributed by atoms with Gasteiger partial charge in [0.2, 0.25) is 0 Å². The Balaban J connectivity index is 1.71. The predicted octanol–water partition coefficient (Wildman–Crippen LogP) is 1.10. The number of aromatic amines is 4. The SMILES string of the molecule is O=C(OCC(F)(F)F)C1=c2ccc([nH]2)=Cc2ccc([nH]2)C=c2ccc([nH]2)=Cc2ccc1[nH]2.